The lowest BCUT2D eigenvalue weighted by atomic mass is 10.1. The van der Waals surface area contributed by atoms with E-state index in [1.54, 1.807) is 30.3 Å². The highest BCUT2D eigenvalue weighted by Crippen LogP contribution is 2.50. The second-order valence-corrected chi connectivity index (χ2v) is 9.23. The topological polar surface area (TPSA) is 44.8 Å². The molecule has 0 fully saturated rings. The van der Waals surface area contributed by atoms with Crippen molar-refractivity contribution in [3.05, 3.63) is 102 Å². The van der Waals surface area contributed by atoms with Crippen LogP contribution in [0.5, 0.6) is 17.2 Å². The predicted molar refractivity (Wildman–Crippen MR) is 130 cm³/mol. The van der Waals surface area contributed by atoms with E-state index in [1.165, 1.54) is 5.56 Å². The molecule has 0 aliphatic carbocycles. The Kier molecular flexibility index (Phi) is 6.82. The van der Waals surface area contributed by atoms with Crippen LogP contribution in [-0.4, -0.2) is 0 Å². The number of phosphoric ester groups is 1. The lowest BCUT2D eigenvalue weighted by Gasteiger charge is -2.20. The maximum absolute atomic E-state index is 13.7. The van der Waals surface area contributed by atoms with E-state index in [1.807, 2.05) is 67.6 Å². The number of rotatable bonds is 9. The number of fused-ring (bicyclic) bond motifs is 1. The molecule has 4 nitrogen and oxygen atoms in total. The number of benzene rings is 4. The summed E-state index contributed by atoms with van der Waals surface area (Å²) >= 11 is 0. The Balaban J connectivity index is 1.60. The van der Waals surface area contributed by atoms with Crippen molar-refractivity contribution in [2.24, 2.45) is 0 Å². The lowest BCUT2D eigenvalue weighted by Crippen LogP contribution is -2.07. The molecule has 0 spiro atoms. The summed E-state index contributed by atoms with van der Waals surface area (Å²) in [7, 11) is -4.01. The van der Waals surface area contributed by atoms with Gasteiger partial charge in [-0.2, -0.15) is 4.57 Å². The molecule has 0 saturated heterocycles. The van der Waals surface area contributed by atoms with Gasteiger partial charge in [0.1, 0.15) is 17.2 Å². The first kappa shape index (κ1) is 22.0. The van der Waals surface area contributed by atoms with Crippen LogP contribution in [0.25, 0.3) is 10.8 Å². The standard InChI is InChI=1S/C27H27O4P/c1-3-4-7-22-12-17-26(18-13-22)30-32(28,29-25-15-10-21(2)11-16-25)31-27-19-14-23-8-5-6-9-24(23)20-27/h5-6,8-20H,3-4,7H2,1-2H3. The first-order valence-corrected chi connectivity index (χ1v) is 12.3. The van der Waals surface area contributed by atoms with Gasteiger partial charge in [-0.15, -0.1) is 0 Å². The number of hydrogen-bond acceptors (Lipinski definition) is 4. The van der Waals surface area contributed by atoms with E-state index in [4.69, 9.17) is 13.6 Å². The van der Waals surface area contributed by atoms with Crippen molar-refractivity contribution in [1.29, 1.82) is 0 Å². The molecule has 0 saturated carbocycles. The number of aryl methyl sites for hydroxylation is 2. The van der Waals surface area contributed by atoms with Crippen molar-refractivity contribution >= 4 is 18.6 Å². The Morgan fingerprint density at radius 3 is 1.91 bits per heavy atom. The Hall–Kier alpha value is -3.23. The molecule has 32 heavy (non-hydrogen) atoms. The Morgan fingerprint density at radius 1 is 0.688 bits per heavy atom. The van der Waals surface area contributed by atoms with Gasteiger partial charge in [-0.25, -0.2) is 0 Å². The largest absolute Gasteiger partial charge is 0.647 e. The van der Waals surface area contributed by atoms with E-state index in [-0.39, 0.29) is 0 Å². The highest BCUT2D eigenvalue weighted by molar-refractivity contribution is 7.49. The first-order chi connectivity index (χ1) is 15.5. The Labute approximate surface area is 189 Å². The van der Waals surface area contributed by atoms with Crippen molar-refractivity contribution in [2.75, 3.05) is 0 Å². The summed E-state index contributed by atoms with van der Waals surface area (Å²) in [5.74, 6) is 1.26. The summed E-state index contributed by atoms with van der Waals surface area (Å²) in [5.41, 5.74) is 2.29. The van der Waals surface area contributed by atoms with E-state index < -0.39 is 7.82 Å². The highest BCUT2D eigenvalue weighted by atomic mass is 31.2. The number of phosphoric acid groups is 1. The third kappa shape index (κ3) is 5.72. The fourth-order valence-corrected chi connectivity index (χ4v) is 4.61. The van der Waals surface area contributed by atoms with Crippen molar-refractivity contribution < 1.29 is 18.1 Å². The molecule has 0 aromatic heterocycles. The van der Waals surface area contributed by atoms with Crippen LogP contribution >= 0.6 is 7.82 Å². The summed E-state index contributed by atoms with van der Waals surface area (Å²) in [6.07, 6.45) is 3.26. The van der Waals surface area contributed by atoms with E-state index in [9.17, 15) is 4.57 Å². The zero-order valence-corrected chi connectivity index (χ0v) is 19.3. The normalized spacial score (nSPS) is 12.8. The molecule has 4 aromatic rings. The van der Waals surface area contributed by atoms with Crippen molar-refractivity contribution in [1.82, 2.24) is 0 Å². The monoisotopic (exact) mass is 446 g/mol. The highest BCUT2D eigenvalue weighted by Gasteiger charge is 2.33. The van der Waals surface area contributed by atoms with Gasteiger partial charge in [0, 0.05) is 0 Å². The van der Waals surface area contributed by atoms with Gasteiger partial charge in [-0.1, -0.05) is 73.5 Å². The molecular weight excluding hydrogens is 419 g/mol. The van der Waals surface area contributed by atoms with Gasteiger partial charge in [0.05, 0.1) is 0 Å². The van der Waals surface area contributed by atoms with Crippen molar-refractivity contribution in [2.45, 2.75) is 33.1 Å². The molecule has 0 N–H and O–H groups in total. The molecular formula is C27H27O4P. The Bertz CT molecular complexity index is 1220. The average molecular weight is 446 g/mol. The fourth-order valence-electron chi connectivity index (χ4n) is 3.36. The van der Waals surface area contributed by atoms with Crippen LogP contribution in [0.3, 0.4) is 0 Å². The van der Waals surface area contributed by atoms with E-state index in [2.05, 4.69) is 6.92 Å². The van der Waals surface area contributed by atoms with Crippen LogP contribution in [-0.2, 0) is 11.0 Å². The molecule has 0 radical (unpaired) electrons. The van der Waals surface area contributed by atoms with Crippen LogP contribution in [0.1, 0.15) is 30.9 Å². The fraction of sp³-hybridized carbons (Fsp3) is 0.185. The minimum absolute atomic E-state index is 0.415. The molecule has 1 unspecified atom stereocenters. The smallest absolute Gasteiger partial charge is 0.386 e. The van der Waals surface area contributed by atoms with E-state index >= 15 is 0 Å². The average Bonchev–Trinajstić information content (AvgIpc) is 2.80. The molecule has 1 atom stereocenters. The maximum Gasteiger partial charge on any atom is 0.647 e. The predicted octanol–water partition coefficient (Wildman–Crippen LogP) is 8.14. The molecule has 4 rings (SSSR count). The minimum Gasteiger partial charge on any atom is -0.386 e. The summed E-state index contributed by atoms with van der Waals surface area (Å²) in [5, 5.41) is 2.05. The van der Waals surface area contributed by atoms with Gasteiger partial charge in [-0.3, -0.25) is 0 Å². The maximum atomic E-state index is 13.7. The van der Waals surface area contributed by atoms with Gasteiger partial charge in [0.25, 0.3) is 0 Å². The van der Waals surface area contributed by atoms with E-state index in [0.29, 0.717) is 17.2 Å². The van der Waals surface area contributed by atoms with Gasteiger partial charge in [0.15, 0.2) is 0 Å². The second-order valence-electron chi connectivity index (χ2n) is 7.79. The molecule has 0 aliphatic rings. The first-order valence-electron chi connectivity index (χ1n) is 10.9. The van der Waals surface area contributed by atoms with Crippen LogP contribution in [0, 0.1) is 6.92 Å². The molecule has 5 heteroatoms. The summed E-state index contributed by atoms with van der Waals surface area (Å²) in [4.78, 5) is 0. The van der Waals surface area contributed by atoms with Crippen LogP contribution in [0.15, 0.2) is 91.0 Å². The molecule has 4 aromatic carbocycles. The van der Waals surface area contributed by atoms with E-state index in [0.717, 1.165) is 35.6 Å². The molecule has 0 heterocycles. The molecule has 0 aliphatic heterocycles. The number of hydrogen-bond donors (Lipinski definition) is 0. The van der Waals surface area contributed by atoms with Gasteiger partial charge in [-0.05, 0) is 72.5 Å². The van der Waals surface area contributed by atoms with Gasteiger partial charge >= 0.3 is 7.82 Å². The quantitative estimate of drug-likeness (QED) is 0.243. The Morgan fingerprint density at radius 2 is 1.25 bits per heavy atom. The molecule has 0 bridgehead atoms. The third-order valence-electron chi connectivity index (χ3n) is 5.14. The zero-order chi connectivity index (χ0) is 22.4. The molecule has 164 valence electrons. The summed E-state index contributed by atoms with van der Waals surface area (Å²) in [6.45, 7) is 4.14. The third-order valence-corrected chi connectivity index (χ3v) is 6.44. The SMILES string of the molecule is CCCCc1ccc(OP(=O)(Oc2ccc(C)cc2)Oc2ccc3ccccc3c2)cc1. The van der Waals surface area contributed by atoms with Gasteiger partial charge in [0.2, 0.25) is 0 Å². The van der Waals surface area contributed by atoms with Gasteiger partial charge < -0.3 is 13.6 Å². The zero-order valence-electron chi connectivity index (χ0n) is 18.4. The second kappa shape index (κ2) is 9.93. The molecule has 0 amide bonds. The van der Waals surface area contributed by atoms with Crippen LogP contribution in [0.4, 0.5) is 0 Å². The lowest BCUT2D eigenvalue weighted by molar-refractivity contribution is 0.298. The van der Waals surface area contributed by atoms with Crippen LogP contribution in [0.2, 0.25) is 0 Å². The summed E-state index contributed by atoms with van der Waals surface area (Å²) < 4.78 is 31.2. The minimum atomic E-state index is -4.01. The number of unbranched alkanes of at least 4 members (excludes halogenated alkanes) is 1. The summed E-state index contributed by atoms with van der Waals surface area (Å²) in [6, 6.07) is 28.3. The van der Waals surface area contributed by atoms with Crippen molar-refractivity contribution in [3.63, 3.8) is 0 Å². The van der Waals surface area contributed by atoms with Crippen LogP contribution < -0.4 is 13.6 Å². The van der Waals surface area contributed by atoms with Crippen molar-refractivity contribution in [3.8, 4) is 17.2 Å².